The van der Waals surface area contributed by atoms with Crippen LogP contribution in [0, 0.1) is 10.1 Å². The highest BCUT2D eigenvalue weighted by molar-refractivity contribution is 6.02. The van der Waals surface area contributed by atoms with Gasteiger partial charge >= 0.3 is 0 Å². The maximum atomic E-state index is 12.2. The Hall–Kier alpha value is -4.34. The van der Waals surface area contributed by atoms with E-state index in [1.54, 1.807) is 49.4 Å². The van der Waals surface area contributed by atoms with Crippen molar-refractivity contribution in [3.8, 4) is 0 Å². The molecule has 1 heterocycles. The van der Waals surface area contributed by atoms with E-state index in [2.05, 4.69) is 20.7 Å². The van der Waals surface area contributed by atoms with Crippen LogP contribution in [0.4, 0.5) is 17.1 Å². The Morgan fingerprint density at radius 2 is 1.77 bits per heavy atom. The SMILES string of the molecule is CC(C(=O)Nc1ccc(NC(=O)/C=C/c2ccccc2[N+](=O)[O-])cc1)n1cncn1. The number of nitro benzene ring substituents is 1. The zero-order chi connectivity index (χ0) is 21.5. The van der Waals surface area contributed by atoms with E-state index in [4.69, 9.17) is 0 Å². The molecule has 0 saturated carbocycles. The maximum absolute atomic E-state index is 12.2. The van der Waals surface area contributed by atoms with Crippen LogP contribution < -0.4 is 10.6 Å². The van der Waals surface area contributed by atoms with Gasteiger partial charge in [0.2, 0.25) is 11.8 Å². The highest BCUT2D eigenvalue weighted by atomic mass is 16.6. The summed E-state index contributed by atoms with van der Waals surface area (Å²) >= 11 is 0. The molecule has 0 aliphatic rings. The first-order valence-electron chi connectivity index (χ1n) is 8.91. The Morgan fingerprint density at radius 1 is 1.10 bits per heavy atom. The fraction of sp³-hybridized carbons (Fsp3) is 0.100. The summed E-state index contributed by atoms with van der Waals surface area (Å²) in [4.78, 5) is 38.7. The van der Waals surface area contributed by atoms with E-state index >= 15 is 0 Å². The first kappa shape index (κ1) is 20.4. The summed E-state index contributed by atoms with van der Waals surface area (Å²) in [5, 5.41) is 20.4. The van der Waals surface area contributed by atoms with Crippen LogP contribution in [0.2, 0.25) is 0 Å². The molecule has 0 radical (unpaired) electrons. The molecule has 0 spiro atoms. The van der Waals surface area contributed by atoms with Gasteiger partial charge in [0.15, 0.2) is 0 Å². The third-order valence-electron chi connectivity index (χ3n) is 4.18. The van der Waals surface area contributed by atoms with Crippen LogP contribution in [0.15, 0.2) is 67.3 Å². The number of hydrogen-bond acceptors (Lipinski definition) is 6. The van der Waals surface area contributed by atoms with Gasteiger partial charge < -0.3 is 10.6 Å². The molecule has 3 aromatic rings. The normalized spacial score (nSPS) is 11.8. The van der Waals surface area contributed by atoms with E-state index in [0.29, 0.717) is 16.9 Å². The second kappa shape index (κ2) is 9.24. The summed E-state index contributed by atoms with van der Waals surface area (Å²) in [6.07, 6.45) is 5.41. The molecular formula is C20H18N6O4. The van der Waals surface area contributed by atoms with Gasteiger partial charge in [0.25, 0.3) is 5.69 Å². The molecule has 0 saturated heterocycles. The van der Waals surface area contributed by atoms with Crippen molar-refractivity contribution in [1.82, 2.24) is 14.8 Å². The summed E-state index contributed by atoms with van der Waals surface area (Å²) < 4.78 is 1.44. The second-order valence-corrected chi connectivity index (χ2v) is 6.26. The third-order valence-corrected chi connectivity index (χ3v) is 4.18. The average Bonchev–Trinajstić information content (AvgIpc) is 3.28. The van der Waals surface area contributed by atoms with E-state index in [1.807, 2.05) is 0 Å². The molecule has 1 atom stereocenters. The molecule has 0 bridgehead atoms. The van der Waals surface area contributed by atoms with E-state index in [9.17, 15) is 19.7 Å². The lowest BCUT2D eigenvalue weighted by Gasteiger charge is -2.12. The number of anilines is 2. The van der Waals surface area contributed by atoms with Gasteiger partial charge in [0.1, 0.15) is 18.7 Å². The molecule has 0 aliphatic carbocycles. The summed E-state index contributed by atoms with van der Waals surface area (Å²) in [5.74, 6) is -0.700. The van der Waals surface area contributed by atoms with Gasteiger partial charge in [-0.1, -0.05) is 12.1 Å². The number of nitrogens with one attached hydrogen (secondary N) is 2. The lowest BCUT2D eigenvalue weighted by molar-refractivity contribution is -0.385. The number of nitrogens with zero attached hydrogens (tertiary/aromatic N) is 4. The lowest BCUT2D eigenvalue weighted by atomic mass is 10.1. The highest BCUT2D eigenvalue weighted by Gasteiger charge is 2.15. The second-order valence-electron chi connectivity index (χ2n) is 6.26. The molecule has 2 amide bonds. The molecule has 0 fully saturated rings. The third kappa shape index (κ3) is 5.13. The largest absolute Gasteiger partial charge is 0.324 e. The van der Waals surface area contributed by atoms with Crippen LogP contribution in [-0.2, 0) is 9.59 Å². The van der Waals surface area contributed by atoms with Gasteiger partial charge in [-0.25, -0.2) is 9.67 Å². The molecule has 0 aliphatic heterocycles. The quantitative estimate of drug-likeness (QED) is 0.352. The number of rotatable bonds is 7. The minimum absolute atomic E-state index is 0.0817. The van der Waals surface area contributed by atoms with Crippen molar-refractivity contribution >= 4 is 35.0 Å². The van der Waals surface area contributed by atoms with Crippen molar-refractivity contribution in [2.24, 2.45) is 0 Å². The molecule has 10 heteroatoms. The molecular weight excluding hydrogens is 388 g/mol. The Labute approximate surface area is 171 Å². The van der Waals surface area contributed by atoms with Crippen molar-refractivity contribution in [3.05, 3.63) is 82.9 Å². The first-order chi connectivity index (χ1) is 14.4. The summed E-state index contributed by atoms with van der Waals surface area (Å²) in [6, 6.07) is 12.2. The van der Waals surface area contributed by atoms with E-state index in [1.165, 1.54) is 35.6 Å². The van der Waals surface area contributed by atoms with Crippen molar-refractivity contribution < 1.29 is 14.5 Å². The Morgan fingerprint density at radius 3 is 2.40 bits per heavy atom. The smallest absolute Gasteiger partial charge is 0.276 e. The predicted octanol–water partition coefficient (Wildman–Crippen LogP) is 3.04. The van der Waals surface area contributed by atoms with Gasteiger partial charge in [0.05, 0.1) is 10.5 Å². The molecule has 10 nitrogen and oxygen atoms in total. The minimum Gasteiger partial charge on any atom is -0.324 e. The maximum Gasteiger partial charge on any atom is 0.276 e. The van der Waals surface area contributed by atoms with Crippen LogP contribution in [0.1, 0.15) is 18.5 Å². The molecule has 152 valence electrons. The molecule has 2 aromatic carbocycles. The standard InChI is InChI=1S/C20H18N6O4/c1-14(25-13-21-12-22-25)20(28)24-17-9-7-16(8-10-17)23-19(27)11-6-15-4-2-3-5-18(15)26(29)30/h2-14H,1H3,(H,23,27)(H,24,28)/b11-6+. The van der Waals surface area contributed by atoms with Crippen molar-refractivity contribution in [2.75, 3.05) is 10.6 Å². The van der Waals surface area contributed by atoms with E-state index < -0.39 is 16.9 Å². The minimum atomic E-state index is -0.529. The van der Waals surface area contributed by atoms with Crippen LogP contribution in [0.5, 0.6) is 0 Å². The summed E-state index contributed by atoms with van der Waals surface area (Å²) in [7, 11) is 0. The molecule has 1 unspecified atom stereocenters. The predicted molar refractivity (Wildman–Crippen MR) is 111 cm³/mol. The highest BCUT2D eigenvalue weighted by Crippen LogP contribution is 2.19. The monoisotopic (exact) mass is 406 g/mol. The van der Waals surface area contributed by atoms with Gasteiger partial charge in [0, 0.05) is 23.5 Å². The number of carbonyl (C=O) groups excluding carboxylic acids is 2. The molecule has 2 N–H and O–H groups in total. The molecule has 30 heavy (non-hydrogen) atoms. The molecule has 1 aromatic heterocycles. The van der Waals surface area contributed by atoms with Gasteiger partial charge in [-0.2, -0.15) is 5.10 Å². The van der Waals surface area contributed by atoms with Crippen molar-refractivity contribution in [2.45, 2.75) is 13.0 Å². The number of para-hydroxylation sites is 1. The van der Waals surface area contributed by atoms with Gasteiger partial charge in [-0.15, -0.1) is 0 Å². The van der Waals surface area contributed by atoms with E-state index in [-0.39, 0.29) is 11.6 Å². The lowest BCUT2D eigenvalue weighted by Crippen LogP contribution is -2.24. The number of hydrogen-bond donors (Lipinski definition) is 2. The Kier molecular flexibility index (Phi) is 6.28. The van der Waals surface area contributed by atoms with Crippen LogP contribution in [0.3, 0.4) is 0 Å². The molecule has 3 rings (SSSR count). The van der Waals surface area contributed by atoms with E-state index in [0.717, 1.165) is 0 Å². The van der Waals surface area contributed by atoms with Gasteiger partial charge in [-0.3, -0.25) is 19.7 Å². The zero-order valence-electron chi connectivity index (χ0n) is 15.9. The summed E-state index contributed by atoms with van der Waals surface area (Å²) in [6.45, 7) is 1.70. The van der Waals surface area contributed by atoms with Crippen LogP contribution in [0.25, 0.3) is 6.08 Å². The number of carbonyl (C=O) groups is 2. The fourth-order valence-corrected chi connectivity index (χ4v) is 2.57. The number of aromatic nitrogens is 3. The fourth-order valence-electron chi connectivity index (χ4n) is 2.57. The van der Waals surface area contributed by atoms with Crippen LogP contribution >= 0.6 is 0 Å². The topological polar surface area (TPSA) is 132 Å². The number of amides is 2. The van der Waals surface area contributed by atoms with Crippen molar-refractivity contribution in [1.29, 1.82) is 0 Å². The number of nitro groups is 1. The summed E-state index contributed by atoms with van der Waals surface area (Å²) in [5.41, 5.74) is 1.31. The zero-order valence-corrected chi connectivity index (χ0v) is 15.9. The van der Waals surface area contributed by atoms with Crippen molar-refractivity contribution in [3.63, 3.8) is 0 Å². The van der Waals surface area contributed by atoms with Gasteiger partial charge in [-0.05, 0) is 43.3 Å². The number of benzene rings is 2. The average molecular weight is 406 g/mol. The Bertz CT molecular complexity index is 1080. The first-order valence-corrected chi connectivity index (χ1v) is 8.91. The van der Waals surface area contributed by atoms with Crippen LogP contribution in [-0.4, -0.2) is 31.5 Å². The Balaban J connectivity index is 1.58.